The fourth-order valence-corrected chi connectivity index (χ4v) is 1.78. The highest BCUT2D eigenvalue weighted by atomic mass is 31.2. The van der Waals surface area contributed by atoms with E-state index in [1.165, 1.54) is 6.08 Å². The summed E-state index contributed by atoms with van der Waals surface area (Å²) in [6, 6.07) is -1.45. The van der Waals surface area contributed by atoms with E-state index in [-0.39, 0.29) is 13.2 Å². The van der Waals surface area contributed by atoms with Gasteiger partial charge in [-0.2, -0.15) is 0 Å². The summed E-state index contributed by atoms with van der Waals surface area (Å²) in [7, 11) is -4.52. The summed E-state index contributed by atoms with van der Waals surface area (Å²) < 4.78 is 25.3. The van der Waals surface area contributed by atoms with Crippen molar-refractivity contribution in [3.05, 3.63) is 12.7 Å². The number of carbonyl (C=O) groups is 1. The van der Waals surface area contributed by atoms with Crippen molar-refractivity contribution < 1.29 is 38.3 Å². The zero-order valence-corrected chi connectivity index (χ0v) is 11.1. The van der Waals surface area contributed by atoms with Gasteiger partial charge in [0.25, 0.3) is 0 Å². The highest BCUT2D eigenvalue weighted by Gasteiger charge is 2.28. The first kappa shape index (κ1) is 18.2. The first-order valence-electron chi connectivity index (χ1n) is 5.26. The highest BCUT2D eigenvalue weighted by molar-refractivity contribution is 7.47. The van der Waals surface area contributed by atoms with Crippen LogP contribution in [0.15, 0.2) is 12.7 Å². The third-order valence-electron chi connectivity index (χ3n) is 1.76. The predicted molar refractivity (Wildman–Crippen MR) is 64.4 cm³/mol. The Balaban J connectivity index is 4.19. The molecule has 0 aromatic carbocycles. The largest absolute Gasteiger partial charge is 0.480 e. The number of ether oxygens (including phenoxy) is 1. The molecule has 0 rings (SSSR count). The maximum Gasteiger partial charge on any atom is 0.472 e. The lowest BCUT2D eigenvalue weighted by atomic mass is 10.3. The summed E-state index contributed by atoms with van der Waals surface area (Å²) >= 11 is 0. The Morgan fingerprint density at radius 1 is 1.47 bits per heavy atom. The monoisotopic (exact) mass is 299 g/mol. The van der Waals surface area contributed by atoms with E-state index >= 15 is 0 Å². The Morgan fingerprint density at radius 3 is 2.58 bits per heavy atom. The van der Waals surface area contributed by atoms with E-state index in [0.29, 0.717) is 0 Å². The average Bonchev–Trinajstić information content (AvgIpc) is 2.34. The van der Waals surface area contributed by atoms with E-state index in [0.717, 1.165) is 0 Å². The van der Waals surface area contributed by atoms with Gasteiger partial charge in [0, 0.05) is 0 Å². The van der Waals surface area contributed by atoms with Gasteiger partial charge in [0.2, 0.25) is 0 Å². The lowest BCUT2D eigenvalue weighted by Crippen LogP contribution is -2.34. The van der Waals surface area contributed by atoms with Crippen LogP contribution in [0, 0.1) is 0 Å². The molecule has 0 heterocycles. The maximum absolute atomic E-state index is 11.4. The van der Waals surface area contributed by atoms with Gasteiger partial charge in [-0.15, -0.1) is 6.58 Å². The van der Waals surface area contributed by atoms with Crippen LogP contribution < -0.4 is 5.73 Å². The second-order valence-corrected chi connectivity index (χ2v) is 4.85. The number of carboxylic acid groups (broad SMARTS) is 1. The lowest BCUT2D eigenvalue weighted by Gasteiger charge is -2.19. The van der Waals surface area contributed by atoms with E-state index in [4.69, 9.17) is 20.7 Å². The van der Waals surface area contributed by atoms with Gasteiger partial charge >= 0.3 is 13.8 Å². The number of hydrogen-bond acceptors (Lipinski definition) is 7. The third-order valence-corrected chi connectivity index (χ3v) is 2.80. The molecule has 0 aliphatic heterocycles. The fourth-order valence-electron chi connectivity index (χ4n) is 0.864. The molecular weight excluding hydrogens is 281 g/mol. The molecule has 9 nitrogen and oxygen atoms in total. The van der Waals surface area contributed by atoms with Crippen molar-refractivity contribution in [2.24, 2.45) is 5.73 Å². The molecule has 10 heteroatoms. The van der Waals surface area contributed by atoms with Crippen LogP contribution in [0.5, 0.6) is 0 Å². The van der Waals surface area contributed by atoms with Crippen LogP contribution in [0.2, 0.25) is 0 Å². The van der Waals surface area contributed by atoms with E-state index in [1.54, 1.807) is 0 Å². The highest BCUT2D eigenvalue weighted by Crippen LogP contribution is 2.44. The molecule has 0 aromatic heterocycles. The molecule has 3 atom stereocenters. The van der Waals surface area contributed by atoms with Gasteiger partial charge in [-0.05, 0) is 0 Å². The van der Waals surface area contributed by atoms with Crippen LogP contribution in [-0.2, 0) is 23.1 Å². The Hall–Kier alpha value is -0.800. The van der Waals surface area contributed by atoms with Crippen LogP contribution >= 0.6 is 7.82 Å². The summed E-state index contributed by atoms with van der Waals surface area (Å²) in [4.78, 5) is 19.7. The number of carboxylic acids is 1. The number of phosphoric acid groups is 1. The van der Waals surface area contributed by atoms with Crippen molar-refractivity contribution in [2.75, 3.05) is 26.4 Å². The Bertz CT molecular complexity index is 336. The molecule has 0 aliphatic rings. The Labute approximate surface area is 110 Å². The fraction of sp³-hybridized carbons (Fsp3) is 0.667. The molecule has 0 fully saturated rings. The van der Waals surface area contributed by atoms with E-state index < -0.39 is 39.2 Å². The van der Waals surface area contributed by atoms with Crippen molar-refractivity contribution >= 4 is 13.8 Å². The summed E-state index contributed by atoms with van der Waals surface area (Å²) in [5.74, 6) is -1.38. The van der Waals surface area contributed by atoms with Crippen molar-refractivity contribution in [2.45, 2.75) is 12.1 Å². The van der Waals surface area contributed by atoms with Crippen LogP contribution in [0.25, 0.3) is 0 Å². The number of hydrogen-bond donors (Lipinski definition) is 4. The first-order valence-corrected chi connectivity index (χ1v) is 6.75. The molecule has 0 amide bonds. The van der Waals surface area contributed by atoms with Crippen molar-refractivity contribution in [3.8, 4) is 0 Å². The molecule has 19 heavy (non-hydrogen) atoms. The first-order chi connectivity index (χ1) is 8.82. The summed E-state index contributed by atoms with van der Waals surface area (Å²) in [5.41, 5.74) is 5.09. The van der Waals surface area contributed by atoms with Gasteiger partial charge in [0.1, 0.15) is 12.1 Å². The molecule has 0 radical (unpaired) electrons. The van der Waals surface area contributed by atoms with Crippen LogP contribution in [0.4, 0.5) is 0 Å². The summed E-state index contributed by atoms with van der Waals surface area (Å²) in [6.45, 7) is 2.15. The van der Waals surface area contributed by atoms with Crippen LogP contribution in [-0.4, -0.2) is 59.6 Å². The molecule has 0 saturated heterocycles. The van der Waals surface area contributed by atoms with Gasteiger partial charge in [-0.1, -0.05) is 6.08 Å². The molecular formula is C9H18NO8P. The minimum absolute atomic E-state index is 0.151. The van der Waals surface area contributed by atoms with Crippen molar-refractivity contribution in [1.82, 2.24) is 0 Å². The summed E-state index contributed by atoms with van der Waals surface area (Å²) in [5, 5.41) is 17.4. The number of aliphatic hydroxyl groups excluding tert-OH is 1. The van der Waals surface area contributed by atoms with Crippen LogP contribution in [0.1, 0.15) is 0 Å². The quantitative estimate of drug-likeness (QED) is 0.216. The molecule has 5 N–H and O–H groups in total. The topological polar surface area (TPSA) is 149 Å². The smallest absolute Gasteiger partial charge is 0.472 e. The minimum Gasteiger partial charge on any atom is -0.480 e. The average molecular weight is 299 g/mol. The van der Waals surface area contributed by atoms with Gasteiger partial charge in [-0.3, -0.25) is 13.8 Å². The zero-order chi connectivity index (χ0) is 14.9. The second kappa shape index (κ2) is 9.16. The normalized spacial score (nSPS) is 17.4. The van der Waals surface area contributed by atoms with E-state index in [2.05, 4.69) is 15.6 Å². The SMILES string of the molecule is C=CCOC[C@H](CO)OP(=O)(O)OC[C@H](N)C(=O)O. The molecule has 0 spiro atoms. The number of aliphatic hydroxyl groups is 1. The van der Waals surface area contributed by atoms with Gasteiger partial charge in [0.15, 0.2) is 0 Å². The van der Waals surface area contributed by atoms with E-state index in [1.807, 2.05) is 0 Å². The lowest BCUT2D eigenvalue weighted by molar-refractivity contribution is -0.139. The Morgan fingerprint density at radius 2 is 2.11 bits per heavy atom. The predicted octanol–water partition coefficient (Wildman–Crippen LogP) is -0.905. The number of aliphatic carboxylic acids is 1. The Kier molecular flexibility index (Phi) is 8.77. The maximum atomic E-state index is 11.4. The third kappa shape index (κ3) is 8.84. The van der Waals surface area contributed by atoms with Crippen molar-refractivity contribution in [3.63, 3.8) is 0 Å². The second-order valence-electron chi connectivity index (χ2n) is 3.45. The van der Waals surface area contributed by atoms with Gasteiger partial charge < -0.3 is 25.6 Å². The molecule has 0 aliphatic carbocycles. The minimum atomic E-state index is -4.52. The van der Waals surface area contributed by atoms with E-state index in [9.17, 15) is 14.3 Å². The number of nitrogens with two attached hydrogens (primary N) is 1. The molecule has 0 aromatic rings. The molecule has 112 valence electrons. The standard InChI is InChI=1S/C9H18NO8P/c1-2-3-16-5-7(4-11)18-19(14,15)17-6-8(10)9(12)13/h2,7-8,11H,1,3-6,10H2,(H,12,13)(H,14,15)/t7-,8-/m0/s1. The van der Waals surface area contributed by atoms with Gasteiger partial charge in [-0.25, -0.2) is 4.57 Å². The van der Waals surface area contributed by atoms with Crippen molar-refractivity contribution in [1.29, 1.82) is 0 Å². The number of rotatable bonds is 11. The van der Waals surface area contributed by atoms with Gasteiger partial charge in [0.05, 0.1) is 26.4 Å². The molecule has 0 bridgehead atoms. The number of phosphoric ester groups is 1. The summed E-state index contributed by atoms with van der Waals surface area (Å²) in [6.07, 6.45) is 0.367. The molecule has 0 saturated carbocycles. The van der Waals surface area contributed by atoms with Crippen LogP contribution in [0.3, 0.4) is 0 Å². The zero-order valence-electron chi connectivity index (χ0n) is 10.2. The molecule has 1 unspecified atom stereocenters.